The number of pyridine rings is 1. The van der Waals surface area contributed by atoms with Gasteiger partial charge in [0.25, 0.3) is 5.69 Å². The molecule has 0 fully saturated rings. The number of fused-ring (bicyclic) bond motifs is 1. The molecule has 1 aromatic heterocycles. The van der Waals surface area contributed by atoms with E-state index in [1.54, 1.807) is 0 Å². The van der Waals surface area contributed by atoms with Crippen LogP contribution in [0.3, 0.4) is 0 Å². The summed E-state index contributed by atoms with van der Waals surface area (Å²) in [6, 6.07) is 3.49. The lowest BCUT2D eigenvalue weighted by Gasteiger charge is -2.21. The van der Waals surface area contributed by atoms with Gasteiger partial charge in [-0.15, -0.1) is 0 Å². The summed E-state index contributed by atoms with van der Waals surface area (Å²) in [5, 5.41) is 12.5. The van der Waals surface area contributed by atoms with Crippen molar-refractivity contribution >= 4 is 16.6 Å². The maximum Gasteiger partial charge on any atom is 0.299 e. The van der Waals surface area contributed by atoms with E-state index in [4.69, 9.17) is 14.5 Å². The minimum absolute atomic E-state index is 0.0467. The number of aromatic nitrogens is 1. The molecule has 166 valence electrons. The maximum atomic E-state index is 11.8. The quantitative estimate of drug-likeness (QED) is 0.230. The van der Waals surface area contributed by atoms with Crippen molar-refractivity contribution in [3.8, 4) is 11.5 Å². The molecule has 0 saturated heterocycles. The fourth-order valence-corrected chi connectivity index (χ4v) is 3.57. The fraction of sp³-hybridized carbons (Fsp3) is 0.625. The highest BCUT2D eigenvalue weighted by molar-refractivity contribution is 5.97. The summed E-state index contributed by atoms with van der Waals surface area (Å²) in [5.41, 5.74) is 1.94. The van der Waals surface area contributed by atoms with Gasteiger partial charge in [0, 0.05) is 11.1 Å². The van der Waals surface area contributed by atoms with Crippen molar-refractivity contribution in [2.24, 2.45) is 0 Å². The molecule has 0 N–H and O–H groups in total. The third kappa shape index (κ3) is 5.61. The number of hydrogen-bond donors (Lipinski definition) is 0. The maximum absolute atomic E-state index is 11.8. The number of nitrogens with zero attached hydrogens (tertiary/aromatic N) is 2. The molecule has 2 aromatic rings. The number of unbranched alkanes of at least 4 members (excludes halogenated alkanes) is 5. The second kappa shape index (κ2) is 10.6. The molecule has 6 heteroatoms. The van der Waals surface area contributed by atoms with Gasteiger partial charge in [0.2, 0.25) is 0 Å². The molecular weight excluding hydrogens is 380 g/mol. The number of nitro groups is 1. The highest BCUT2D eigenvalue weighted by atomic mass is 16.6. The van der Waals surface area contributed by atoms with Gasteiger partial charge in [-0.1, -0.05) is 66.7 Å². The average molecular weight is 417 g/mol. The van der Waals surface area contributed by atoms with Crippen LogP contribution in [-0.2, 0) is 11.8 Å². The lowest BCUT2D eigenvalue weighted by Crippen LogP contribution is -2.15. The smallest absolute Gasteiger partial charge is 0.299 e. The number of hydrogen-bond acceptors (Lipinski definition) is 5. The number of methoxy groups -OCH3 is 1. The zero-order chi connectivity index (χ0) is 22.3. The molecule has 30 heavy (non-hydrogen) atoms. The van der Waals surface area contributed by atoms with E-state index in [2.05, 4.69) is 27.7 Å². The Kier molecular flexibility index (Phi) is 8.44. The number of benzene rings is 1. The first kappa shape index (κ1) is 23.9. The van der Waals surface area contributed by atoms with Gasteiger partial charge in [-0.25, -0.2) is 4.98 Å². The van der Waals surface area contributed by atoms with Gasteiger partial charge in [0.1, 0.15) is 0 Å². The number of non-ortho nitro benzene ring substituents is 1. The van der Waals surface area contributed by atoms with E-state index >= 15 is 0 Å². The van der Waals surface area contributed by atoms with Gasteiger partial charge in [0.05, 0.1) is 30.1 Å². The van der Waals surface area contributed by atoms with E-state index in [-0.39, 0.29) is 16.0 Å². The van der Waals surface area contributed by atoms with Gasteiger partial charge in [-0.3, -0.25) is 10.1 Å². The Morgan fingerprint density at radius 2 is 1.73 bits per heavy atom. The highest BCUT2D eigenvalue weighted by Gasteiger charge is 2.27. The van der Waals surface area contributed by atoms with Gasteiger partial charge in [0.15, 0.2) is 17.0 Å². The Labute approximate surface area is 180 Å². The van der Waals surface area contributed by atoms with Crippen molar-refractivity contribution in [1.82, 2.24) is 4.98 Å². The summed E-state index contributed by atoms with van der Waals surface area (Å²) in [7, 11) is 1.52. The second-order valence-electron chi connectivity index (χ2n) is 8.79. The fourth-order valence-electron chi connectivity index (χ4n) is 3.57. The minimum Gasteiger partial charge on any atom is -0.493 e. The van der Waals surface area contributed by atoms with Crippen molar-refractivity contribution in [3.05, 3.63) is 33.5 Å². The summed E-state index contributed by atoms with van der Waals surface area (Å²) in [5.74, 6) is 0.955. The normalized spacial score (nSPS) is 11.7. The van der Waals surface area contributed by atoms with Crippen molar-refractivity contribution in [1.29, 1.82) is 0 Å². The molecule has 0 atom stereocenters. The second-order valence-corrected chi connectivity index (χ2v) is 8.79. The van der Waals surface area contributed by atoms with E-state index < -0.39 is 0 Å². The molecule has 0 spiro atoms. The van der Waals surface area contributed by atoms with Crippen molar-refractivity contribution in [3.63, 3.8) is 0 Å². The van der Waals surface area contributed by atoms with Gasteiger partial charge >= 0.3 is 0 Å². The van der Waals surface area contributed by atoms with Crippen molar-refractivity contribution < 1.29 is 14.4 Å². The first-order valence-electron chi connectivity index (χ1n) is 11.1. The van der Waals surface area contributed by atoms with E-state index in [1.807, 2.05) is 13.0 Å². The third-order valence-corrected chi connectivity index (χ3v) is 5.37. The summed E-state index contributed by atoms with van der Waals surface area (Å²) in [6.07, 6.45) is 7.72. The monoisotopic (exact) mass is 416 g/mol. The topological polar surface area (TPSA) is 74.5 Å². The first-order valence-corrected chi connectivity index (χ1v) is 11.1. The van der Waals surface area contributed by atoms with Crippen LogP contribution in [0.1, 0.15) is 84.4 Å². The standard InChI is InChI=1S/C24H36N2O4/c1-7-9-10-11-12-13-14-30-23-19(29-6)16-18(26(27)28)22-21(23)17(8-2)15-20(25-22)24(3,4)5/h15-16H,7-14H2,1-6H3. The lowest BCUT2D eigenvalue weighted by atomic mass is 9.89. The summed E-state index contributed by atoms with van der Waals surface area (Å²) in [4.78, 5) is 16.1. The molecule has 0 aliphatic heterocycles. The van der Waals surface area contributed by atoms with Crippen LogP contribution in [0.2, 0.25) is 0 Å². The molecule has 0 bridgehead atoms. The molecular formula is C24H36N2O4. The molecule has 1 heterocycles. The van der Waals surface area contributed by atoms with Crippen LogP contribution in [0.25, 0.3) is 10.9 Å². The average Bonchev–Trinajstić information content (AvgIpc) is 2.70. The highest BCUT2D eigenvalue weighted by Crippen LogP contribution is 2.43. The van der Waals surface area contributed by atoms with Crippen LogP contribution in [-0.4, -0.2) is 23.6 Å². The SMILES string of the molecule is CCCCCCCCOc1c(OC)cc([N+](=O)[O-])c2nc(C(C)(C)C)cc(CC)c12. The van der Waals surface area contributed by atoms with Crippen LogP contribution in [0.5, 0.6) is 11.5 Å². The number of nitro benzene ring substituents is 1. The molecule has 0 amide bonds. The van der Waals surface area contributed by atoms with Crippen LogP contribution in [0, 0.1) is 10.1 Å². The molecule has 6 nitrogen and oxygen atoms in total. The van der Waals surface area contributed by atoms with E-state index in [0.29, 0.717) is 29.0 Å². The van der Waals surface area contributed by atoms with Gasteiger partial charge in [-0.05, 0) is 24.5 Å². The predicted molar refractivity (Wildman–Crippen MR) is 122 cm³/mol. The van der Waals surface area contributed by atoms with Gasteiger partial charge in [-0.2, -0.15) is 0 Å². The number of aryl methyl sites for hydroxylation is 1. The summed E-state index contributed by atoms with van der Waals surface area (Å²) in [6.45, 7) is 11.0. The van der Waals surface area contributed by atoms with Crippen LogP contribution < -0.4 is 9.47 Å². The molecule has 0 radical (unpaired) electrons. The Morgan fingerprint density at radius 3 is 2.30 bits per heavy atom. The largest absolute Gasteiger partial charge is 0.493 e. The Morgan fingerprint density at radius 1 is 1.07 bits per heavy atom. The molecule has 1 aromatic carbocycles. The molecule has 0 aliphatic rings. The zero-order valence-electron chi connectivity index (χ0n) is 19.3. The molecule has 0 saturated carbocycles. The Bertz CT molecular complexity index is 872. The van der Waals surface area contributed by atoms with E-state index in [1.165, 1.54) is 38.9 Å². The van der Waals surface area contributed by atoms with Crippen LogP contribution >= 0.6 is 0 Å². The summed E-state index contributed by atoms with van der Waals surface area (Å²) < 4.78 is 11.7. The lowest BCUT2D eigenvalue weighted by molar-refractivity contribution is -0.383. The van der Waals surface area contributed by atoms with Crippen molar-refractivity contribution in [2.75, 3.05) is 13.7 Å². The Balaban J connectivity index is 2.50. The summed E-state index contributed by atoms with van der Waals surface area (Å²) >= 11 is 0. The third-order valence-electron chi connectivity index (χ3n) is 5.37. The van der Waals surface area contributed by atoms with E-state index in [9.17, 15) is 10.1 Å². The predicted octanol–water partition coefficient (Wildman–Crippen LogP) is 6.75. The number of rotatable bonds is 11. The van der Waals surface area contributed by atoms with Crippen LogP contribution in [0.4, 0.5) is 5.69 Å². The molecule has 2 rings (SSSR count). The van der Waals surface area contributed by atoms with Crippen LogP contribution in [0.15, 0.2) is 12.1 Å². The molecule has 0 aliphatic carbocycles. The minimum atomic E-state index is -0.388. The van der Waals surface area contributed by atoms with Gasteiger partial charge < -0.3 is 9.47 Å². The van der Waals surface area contributed by atoms with Crippen molar-refractivity contribution in [2.45, 2.75) is 85.0 Å². The van der Waals surface area contributed by atoms with E-state index in [0.717, 1.165) is 30.5 Å². The Hall–Kier alpha value is -2.37. The number of ether oxygens (including phenoxy) is 2. The molecule has 0 unspecified atom stereocenters. The first-order chi connectivity index (χ1) is 14.2. The zero-order valence-corrected chi connectivity index (χ0v) is 19.3.